The van der Waals surface area contributed by atoms with Gasteiger partial charge < -0.3 is 20.1 Å². The molecule has 2 aliphatic rings. The van der Waals surface area contributed by atoms with E-state index in [1.807, 2.05) is 24.3 Å². The number of aromatic amines is 1. The van der Waals surface area contributed by atoms with Crippen LogP contribution in [0.3, 0.4) is 0 Å². The fourth-order valence-electron chi connectivity index (χ4n) is 3.78. The molecule has 2 heterocycles. The average Bonchev–Trinajstić information content (AvgIpc) is 3.32. The molecule has 6 nitrogen and oxygen atoms in total. The van der Waals surface area contributed by atoms with Crippen molar-refractivity contribution in [1.29, 1.82) is 0 Å². The molecule has 1 atom stereocenters. The number of carbonyl (C=O) groups is 2. The van der Waals surface area contributed by atoms with Crippen LogP contribution in [-0.2, 0) is 11.3 Å². The second-order valence-corrected chi connectivity index (χ2v) is 8.24. The Hall–Kier alpha value is -2.28. The molecule has 2 aromatic rings. The Morgan fingerprint density at radius 2 is 2.18 bits per heavy atom. The topological polar surface area (TPSA) is 68.4 Å². The number of urea groups is 1. The summed E-state index contributed by atoms with van der Waals surface area (Å²) in [5, 5.41) is 4.56. The first-order valence-corrected chi connectivity index (χ1v) is 10.00. The van der Waals surface area contributed by atoms with Gasteiger partial charge in [0.05, 0.1) is 12.6 Å². The minimum absolute atomic E-state index is 0.110. The van der Waals surface area contributed by atoms with E-state index < -0.39 is 11.6 Å². The third-order valence-electron chi connectivity index (χ3n) is 5.69. The number of alkyl halides is 1. The highest BCUT2D eigenvalue weighted by molar-refractivity contribution is 6.31. The molecular weight excluding hydrogens is 383 g/mol. The summed E-state index contributed by atoms with van der Waals surface area (Å²) in [6, 6.07) is 7.23. The predicted octanol–water partition coefficient (Wildman–Crippen LogP) is 3.46. The molecule has 1 aliphatic carbocycles. The molecule has 1 saturated carbocycles. The number of nitrogens with zero attached hydrogens (tertiary/aromatic N) is 2. The van der Waals surface area contributed by atoms with Crippen LogP contribution in [0.25, 0.3) is 10.9 Å². The molecule has 28 heavy (non-hydrogen) atoms. The van der Waals surface area contributed by atoms with Crippen LogP contribution in [0, 0.1) is 0 Å². The van der Waals surface area contributed by atoms with Crippen molar-refractivity contribution in [3.05, 3.63) is 35.0 Å². The zero-order valence-electron chi connectivity index (χ0n) is 15.8. The number of nitrogens with one attached hydrogen (secondary N) is 2. The van der Waals surface area contributed by atoms with Crippen LogP contribution >= 0.6 is 11.6 Å². The highest BCUT2D eigenvalue weighted by atomic mass is 35.5. The van der Waals surface area contributed by atoms with Gasteiger partial charge in [0.15, 0.2) is 5.67 Å². The number of likely N-dealkylation sites (tertiary alicyclic amines) is 1. The summed E-state index contributed by atoms with van der Waals surface area (Å²) in [5.74, 6) is -0.414. The van der Waals surface area contributed by atoms with Crippen molar-refractivity contribution < 1.29 is 14.0 Å². The summed E-state index contributed by atoms with van der Waals surface area (Å²) >= 11 is 6.01. The van der Waals surface area contributed by atoms with E-state index >= 15 is 0 Å². The van der Waals surface area contributed by atoms with Gasteiger partial charge in [-0.2, -0.15) is 0 Å². The maximum Gasteiger partial charge on any atom is 0.317 e. The van der Waals surface area contributed by atoms with Crippen molar-refractivity contribution in [2.75, 3.05) is 20.1 Å². The maximum atomic E-state index is 14.1. The number of aromatic nitrogens is 1. The van der Waals surface area contributed by atoms with E-state index in [0.717, 1.165) is 29.4 Å². The minimum Gasteiger partial charge on any atom is -0.357 e. The standard InChI is InChI=1S/C20H24ClFN4O2/c1-25(16-3-2-8-26(12-16)18(27)20(22)6-7-20)19(28)23-11-15-10-13-9-14(21)4-5-17(13)24-15/h4-5,9-10,16,24H,2-3,6-8,11-12H2,1H3,(H,23,28)/t16-/m1/s1. The van der Waals surface area contributed by atoms with E-state index in [9.17, 15) is 14.0 Å². The minimum atomic E-state index is -1.65. The molecule has 1 saturated heterocycles. The van der Waals surface area contributed by atoms with Crippen molar-refractivity contribution in [1.82, 2.24) is 20.1 Å². The Labute approximate surface area is 168 Å². The second-order valence-electron chi connectivity index (χ2n) is 7.81. The van der Waals surface area contributed by atoms with Crippen LogP contribution < -0.4 is 5.32 Å². The fourth-order valence-corrected chi connectivity index (χ4v) is 3.96. The number of piperidine rings is 1. The molecule has 1 aliphatic heterocycles. The Morgan fingerprint density at radius 1 is 1.39 bits per heavy atom. The Bertz CT molecular complexity index is 911. The molecule has 3 amide bonds. The molecule has 2 N–H and O–H groups in total. The van der Waals surface area contributed by atoms with Crippen molar-refractivity contribution in [3.63, 3.8) is 0 Å². The third kappa shape index (κ3) is 3.81. The van der Waals surface area contributed by atoms with E-state index in [1.54, 1.807) is 16.8 Å². The van der Waals surface area contributed by atoms with Crippen molar-refractivity contribution in [2.24, 2.45) is 0 Å². The average molecular weight is 407 g/mol. The monoisotopic (exact) mass is 406 g/mol. The highest BCUT2D eigenvalue weighted by Crippen LogP contribution is 2.42. The van der Waals surface area contributed by atoms with E-state index in [0.29, 0.717) is 37.5 Å². The predicted molar refractivity (Wildman–Crippen MR) is 106 cm³/mol. The normalized spacial score (nSPS) is 20.8. The number of likely N-dealkylation sites (N-methyl/N-ethyl adjacent to an activating group) is 1. The smallest absolute Gasteiger partial charge is 0.317 e. The van der Waals surface area contributed by atoms with Gasteiger partial charge in [0.25, 0.3) is 5.91 Å². The van der Waals surface area contributed by atoms with Crippen LogP contribution in [0.5, 0.6) is 0 Å². The first-order chi connectivity index (χ1) is 13.4. The summed E-state index contributed by atoms with van der Waals surface area (Å²) in [4.78, 5) is 31.3. The molecule has 0 radical (unpaired) electrons. The highest BCUT2D eigenvalue weighted by Gasteiger charge is 2.53. The molecule has 150 valence electrons. The molecule has 1 aromatic carbocycles. The Morgan fingerprint density at radius 3 is 2.93 bits per heavy atom. The van der Waals surface area contributed by atoms with Gasteiger partial charge in [-0.05, 0) is 49.9 Å². The lowest BCUT2D eigenvalue weighted by atomic mass is 10.0. The lowest BCUT2D eigenvalue weighted by molar-refractivity contribution is -0.140. The number of rotatable bonds is 4. The molecule has 0 bridgehead atoms. The summed E-state index contributed by atoms with van der Waals surface area (Å²) in [5.41, 5.74) is 0.192. The summed E-state index contributed by atoms with van der Waals surface area (Å²) in [6.07, 6.45) is 2.21. The van der Waals surface area contributed by atoms with Gasteiger partial charge in [-0.3, -0.25) is 4.79 Å². The first-order valence-electron chi connectivity index (χ1n) is 9.62. The summed E-state index contributed by atoms with van der Waals surface area (Å²) in [7, 11) is 1.72. The quantitative estimate of drug-likeness (QED) is 0.816. The molecule has 8 heteroatoms. The molecule has 2 fully saturated rings. The third-order valence-corrected chi connectivity index (χ3v) is 5.93. The largest absolute Gasteiger partial charge is 0.357 e. The Balaban J connectivity index is 1.34. The second kappa shape index (κ2) is 7.28. The molecular formula is C20H24ClFN4O2. The van der Waals surface area contributed by atoms with Crippen LogP contribution in [0.2, 0.25) is 5.02 Å². The zero-order chi connectivity index (χ0) is 19.9. The van der Waals surface area contributed by atoms with Crippen LogP contribution in [0.15, 0.2) is 24.3 Å². The van der Waals surface area contributed by atoms with Crippen LogP contribution in [0.4, 0.5) is 9.18 Å². The van der Waals surface area contributed by atoms with Crippen LogP contribution in [0.1, 0.15) is 31.4 Å². The molecule has 4 rings (SSSR count). The van der Waals surface area contributed by atoms with Gasteiger partial charge in [-0.1, -0.05) is 11.6 Å². The number of benzene rings is 1. The fraction of sp³-hybridized carbons (Fsp3) is 0.500. The number of fused-ring (bicyclic) bond motifs is 1. The lowest BCUT2D eigenvalue weighted by Gasteiger charge is -2.38. The first kappa shape index (κ1) is 19.1. The molecule has 0 unspecified atom stereocenters. The summed E-state index contributed by atoms with van der Waals surface area (Å²) in [6.45, 7) is 1.31. The summed E-state index contributed by atoms with van der Waals surface area (Å²) < 4.78 is 14.1. The van der Waals surface area contributed by atoms with E-state index in [1.165, 1.54) is 0 Å². The van der Waals surface area contributed by atoms with Crippen molar-refractivity contribution in [2.45, 2.75) is 43.9 Å². The number of amides is 3. The Kier molecular flexibility index (Phi) is 4.95. The van der Waals surface area contributed by atoms with E-state index in [4.69, 9.17) is 11.6 Å². The van der Waals surface area contributed by atoms with Gasteiger partial charge in [0.2, 0.25) is 0 Å². The SMILES string of the molecule is CN(C(=O)NCc1cc2cc(Cl)ccc2[nH]1)[C@@H]1CCCN(C(=O)C2(F)CC2)C1. The van der Waals surface area contributed by atoms with E-state index in [2.05, 4.69) is 10.3 Å². The van der Waals surface area contributed by atoms with Crippen molar-refractivity contribution >= 4 is 34.4 Å². The maximum absolute atomic E-state index is 14.1. The number of hydrogen-bond acceptors (Lipinski definition) is 2. The number of H-pyrrole nitrogens is 1. The van der Waals surface area contributed by atoms with Gasteiger partial charge in [-0.15, -0.1) is 0 Å². The van der Waals surface area contributed by atoms with Crippen LogP contribution in [-0.4, -0.2) is 58.6 Å². The van der Waals surface area contributed by atoms with Gasteiger partial charge in [0.1, 0.15) is 0 Å². The number of carbonyl (C=O) groups excluding carboxylic acids is 2. The van der Waals surface area contributed by atoms with Gasteiger partial charge in [0, 0.05) is 41.8 Å². The van der Waals surface area contributed by atoms with Crippen molar-refractivity contribution in [3.8, 4) is 0 Å². The van der Waals surface area contributed by atoms with Gasteiger partial charge in [-0.25, -0.2) is 9.18 Å². The zero-order valence-corrected chi connectivity index (χ0v) is 16.6. The number of halogens is 2. The molecule has 1 aromatic heterocycles. The number of hydrogen-bond donors (Lipinski definition) is 2. The van der Waals surface area contributed by atoms with E-state index in [-0.39, 0.29) is 12.1 Å². The lowest BCUT2D eigenvalue weighted by Crippen LogP contribution is -2.54. The molecule has 0 spiro atoms. The van der Waals surface area contributed by atoms with Gasteiger partial charge >= 0.3 is 6.03 Å².